The summed E-state index contributed by atoms with van der Waals surface area (Å²) in [5.41, 5.74) is 0. The van der Waals surface area contributed by atoms with Crippen molar-refractivity contribution >= 4 is 21.8 Å². The zero-order chi connectivity index (χ0) is 12.0. The van der Waals surface area contributed by atoms with Gasteiger partial charge in [0.1, 0.15) is 5.82 Å². The van der Waals surface area contributed by atoms with Crippen LogP contribution < -0.4 is 0 Å². The minimum atomic E-state index is -0.159. The zero-order valence-corrected chi connectivity index (χ0v) is 11.7. The van der Waals surface area contributed by atoms with E-state index in [4.69, 9.17) is 0 Å². The van der Waals surface area contributed by atoms with Gasteiger partial charge in [0.25, 0.3) is 0 Å². The molecule has 0 bridgehead atoms. The average Bonchev–Trinajstić information content (AvgIpc) is 2.32. The molecule has 0 amide bonds. The fourth-order valence-corrected chi connectivity index (χ4v) is 4.32. The summed E-state index contributed by atoms with van der Waals surface area (Å²) in [4.78, 5) is 0.989. The van der Waals surface area contributed by atoms with E-state index in [9.17, 15) is 4.39 Å². The van der Waals surface area contributed by atoms with Crippen LogP contribution in [-0.4, -0.2) is 23.5 Å². The molecule has 0 atom stereocenters. The Morgan fingerprint density at radius 2 is 1.75 bits per heavy atom. The third-order valence-electron chi connectivity index (χ3n) is 2.82. The van der Waals surface area contributed by atoms with Gasteiger partial charge in [0, 0.05) is 15.7 Å². The van der Waals surface area contributed by atoms with Gasteiger partial charge in [0.2, 0.25) is 0 Å². The van der Waals surface area contributed by atoms with Gasteiger partial charge < -0.3 is 0 Å². The number of halogens is 1. The molecule has 4 heteroatoms. The molecule has 0 radical (unpaired) electrons. The normalized spacial score (nSPS) is 11.8. The zero-order valence-electron chi connectivity index (χ0n) is 10.1. The first kappa shape index (κ1) is 13.9. The van der Waals surface area contributed by atoms with E-state index in [-0.39, 0.29) is 5.82 Å². The number of hydrogen-bond acceptors (Lipinski definition) is 2. The first-order valence-corrected chi connectivity index (χ1v) is 7.74. The Balaban J connectivity index is 2.62. The summed E-state index contributed by atoms with van der Waals surface area (Å²) in [7, 11) is 3.48. The molecule has 0 spiro atoms. The van der Waals surface area contributed by atoms with E-state index >= 15 is 0 Å². The van der Waals surface area contributed by atoms with Crippen molar-refractivity contribution in [3.63, 3.8) is 0 Å². The van der Waals surface area contributed by atoms with Crippen molar-refractivity contribution < 1.29 is 8.28 Å². The number of hydrogen-bond donors (Lipinski definition) is 0. The third-order valence-corrected chi connectivity index (χ3v) is 6.18. The van der Waals surface area contributed by atoms with Crippen molar-refractivity contribution in [1.82, 2.24) is 0 Å². The summed E-state index contributed by atoms with van der Waals surface area (Å²) in [5, 5.41) is 0. The summed E-state index contributed by atoms with van der Waals surface area (Å²) >= 11 is 0. The van der Waals surface area contributed by atoms with Crippen LogP contribution >= 0.6 is 21.8 Å². The molecular weight excluding hydrogens is 241 g/mol. The van der Waals surface area contributed by atoms with Crippen molar-refractivity contribution in [2.45, 2.75) is 25.7 Å². The Morgan fingerprint density at radius 1 is 1.12 bits per heavy atom. The maximum atomic E-state index is 13.0. The van der Waals surface area contributed by atoms with Crippen LogP contribution in [-0.2, 0) is 0 Å². The summed E-state index contributed by atoms with van der Waals surface area (Å²) in [5.74, 6) is -0.159. The smallest absolute Gasteiger partial charge is 0.152 e. The average molecular weight is 260 g/mol. The highest BCUT2D eigenvalue weighted by Gasteiger charge is 2.23. The predicted octanol–water partition coefficient (Wildman–Crippen LogP) is 4.36. The molecular formula is C12H19FNS2+. The summed E-state index contributed by atoms with van der Waals surface area (Å²) in [6.07, 6.45) is 0. The number of benzene rings is 1. The fraction of sp³-hybridized carbons (Fsp3) is 0.500. The van der Waals surface area contributed by atoms with Gasteiger partial charge in [0.15, 0.2) is 11.0 Å². The van der Waals surface area contributed by atoms with E-state index in [0.29, 0.717) is 0 Å². The predicted molar refractivity (Wildman–Crippen MR) is 71.7 cm³/mol. The maximum absolute atomic E-state index is 13.0. The van der Waals surface area contributed by atoms with E-state index in [0.717, 1.165) is 28.4 Å². The Bertz CT molecular complexity index is 318. The first-order valence-electron chi connectivity index (χ1n) is 5.63. The maximum Gasteiger partial charge on any atom is 0.152 e. The van der Waals surface area contributed by atoms with Crippen LogP contribution in [0.4, 0.5) is 4.39 Å². The van der Waals surface area contributed by atoms with Crippen molar-refractivity contribution in [1.29, 1.82) is 0 Å². The molecule has 0 aliphatic carbocycles. The number of rotatable bonds is 6. The van der Waals surface area contributed by atoms with Crippen LogP contribution in [0.1, 0.15) is 20.8 Å². The number of nitrogens with zero attached hydrogens (tertiary/aromatic N) is 1. The summed E-state index contributed by atoms with van der Waals surface area (Å²) in [6.45, 7) is 9.89. The van der Waals surface area contributed by atoms with Crippen LogP contribution in [0.3, 0.4) is 0 Å². The Labute approximate surface area is 106 Å². The van der Waals surface area contributed by atoms with Gasteiger partial charge in [-0.1, -0.05) is 6.07 Å². The standard InChI is InChI=1S/C12H19FNS2/c1-4-14(5-2,6-3)16-15-12-9-7-8-11(13)10-12/h7-10H,4-6H2,1-3H3/q+1. The van der Waals surface area contributed by atoms with Gasteiger partial charge in [-0.25, -0.2) is 4.39 Å². The first-order chi connectivity index (χ1) is 7.65. The second kappa shape index (κ2) is 6.52. The van der Waals surface area contributed by atoms with E-state index < -0.39 is 0 Å². The molecule has 0 aromatic heterocycles. The van der Waals surface area contributed by atoms with Crippen LogP contribution in [0.25, 0.3) is 0 Å². The van der Waals surface area contributed by atoms with Gasteiger partial charge in [-0.15, -0.1) is 0 Å². The van der Waals surface area contributed by atoms with E-state index in [2.05, 4.69) is 20.8 Å². The highest BCUT2D eigenvalue weighted by molar-refractivity contribution is 8.74. The molecule has 90 valence electrons. The highest BCUT2D eigenvalue weighted by Crippen LogP contribution is 2.39. The summed E-state index contributed by atoms with van der Waals surface area (Å²) in [6, 6.07) is 6.79. The molecule has 0 N–H and O–H groups in total. The van der Waals surface area contributed by atoms with Gasteiger partial charge in [0.05, 0.1) is 19.6 Å². The van der Waals surface area contributed by atoms with Gasteiger partial charge in [-0.2, -0.15) is 0 Å². The molecule has 1 nitrogen and oxygen atoms in total. The second-order valence-corrected chi connectivity index (χ2v) is 6.13. The minimum Gasteiger partial charge on any atom is -0.252 e. The molecule has 0 unspecified atom stereocenters. The van der Waals surface area contributed by atoms with Crippen LogP contribution in [0.5, 0.6) is 0 Å². The van der Waals surface area contributed by atoms with Crippen molar-refractivity contribution in [3.05, 3.63) is 30.1 Å². The number of quaternary nitrogens is 1. The second-order valence-electron chi connectivity index (χ2n) is 3.62. The molecule has 1 rings (SSSR count). The quantitative estimate of drug-likeness (QED) is 0.423. The van der Waals surface area contributed by atoms with Crippen molar-refractivity contribution in [2.24, 2.45) is 0 Å². The lowest BCUT2D eigenvalue weighted by Gasteiger charge is -2.31. The van der Waals surface area contributed by atoms with Crippen molar-refractivity contribution in [3.8, 4) is 0 Å². The van der Waals surface area contributed by atoms with Gasteiger partial charge >= 0.3 is 0 Å². The van der Waals surface area contributed by atoms with E-state index in [1.54, 1.807) is 22.9 Å². The van der Waals surface area contributed by atoms with Crippen LogP contribution in [0, 0.1) is 5.82 Å². The Kier molecular flexibility index (Phi) is 5.66. The summed E-state index contributed by atoms with van der Waals surface area (Å²) < 4.78 is 14.0. The Hall–Kier alpha value is -0.190. The molecule has 1 aromatic rings. The molecule has 0 aliphatic rings. The van der Waals surface area contributed by atoms with Gasteiger partial charge in [-0.3, -0.25) is 3.89 Å². The van der Waals surface area contributed by atoms with Crippen LogP contribution in [0.15, 0.2) is 29.2 Å². The molecule has 1 aromatic carbocycles. The van der Waals surface area contributed by atoms with E-state index in [1.165, 1.54) is 6.07 Å². The fourth-order valence-electron chi connectivity index (χ4n) is 1.47. The molecule has 0 aliphatic heterocycles. The SMILES string of the molecule is CC[N+](CC)(CC)SSc1cccc(F)c1. The monoisotopic (exact) mass is 260 g/mol. The highest BCUT2D eigenvalue weighted by atomic mass is 33.1. The van der Waals surface area contributed by atoms with Crippen molar-refractivity contribution in [2.75, 3.05) is 19.6 Å². The van der Waals surface area contributed by atoms with Gasteiger partial charge in [-0.05, 0) is 39.0 Å². The lowest BCUT2D eigenvalue weighted by molar-refractivity contribution is -0.787. The third kappa shape index (κ3) is 3.68. The lowest BCUT2D eigenvalue weighted by Crippen LogP contribution is -2.39. The lowest BCUT2D eigenvalue weighted by atomic mass is 10.4. The van der Waals surface area contributed by atoms with Crippen LogP contribution in [0.2, 0.25) is 0 Å². The Morgan fingerprint density at radius 3 is 2.25 bits per heavy atom. The topological polar surface area (TPSA) is 0 Å². The molecule has 0 saturated carbocycles. The molecule has 16 heavy (non-hydrogen) atoms. The molecule has 0 heterocycles. The largest absolute Gasteiger partial charge is 0.252 e. The minimum absolute atomic E-state index is 0.159. The van der Waals surface area contributed by atoms with E-state index in [1.807, 2.05) is 17.0 Å². The molecule has 0 fully saturated rings. The molecule has 0 saturated heterocycles.